The molecule has 3 aromatic rings. The number of fused-ring (bicyclic) bond motifs is 2. The lowest BCUT2D eigenvalue weighted by molar-refractivity contribution is 0.0635. The molecule has 40 heavy (non-hydrogen) atoms. The van der Waals surface area contributed by atoms with Crippen molar-refractivity contribution < 1.29 is 19.0 Å². The molecule has 5 rings (SSSR count). The van der Waals surface area contributed by atoms with Crippen molar-refractivity contribution in [2.24, 2.45) is 0 Å². The Balaban J connectivity index is 1.36. The first-order chi connectivity index (χ1) is 19.1. The lowest BCUT2D eigenvalue weighted by atomic mass is 10.1. The van der Waals surface area contributed by atoms with Gasteiger partial charge in [0.25, 0.3) is 0 Å². The van der Waals surface area contributed by atoms with Gasteiger partial charge in [-0.1, -0.05) is 0 Å². The van der Waals surface area contributed by atoms with Gasteiger partial charge in [-0.15, -0.1) is 0 Å². The molecule has 2 aliphatic heterocycles. The van der Waals surface area contributed by atoms with Crippen LogP contribution in [0.4, 0.5) is 16.3 Å². The smallest absolute Gasteiger partial charge is 0.412 e. The predicted molar refractivity (Wildman–Crippen MR) is 153 cm³/mol. The first kappa shape index (κ1) is 27.9. The van der Waals surface area contributed by atoms with E-state index >= 15 is 0 Å². The molecule has 3 N–H and O–H groups in total. The van der Waals surface area contributed by atoms with Crippen molar-refractivity contribution in [1.29, 1.82) is 0 Å². The fourth-order valence-corrected chi connectivity index (χ4v) is 4.88. The highest BCUT2D eigenvalue weighted by Crippen LogP contribution is 2.47. The van der Waals surface area contributed by atoms with Crippen molar-refractivity contribution in [1.82, 2.24) is 34.4 Å². The maximum Gasteiger partial charge on any atom is 0.412 e. The lowest BCUT2D eigenvalue weighted by Gasteiger charge is -2.35. The van der Waals surface area contributed by atoms with Gasteiger partial charge < -0.3 is 24.8 Å². The third kappa shape index (κ3) is 6.21. The van der Waals surface area contributed by atoms with E-state index in [2.05, 4.69) is 44.1 Å². The van der Waals surface area contributed by atoms with Crippen LogP contribution in [0.3, 0.4) is 0 Å². The summed E-state index contributed by atoms with van der Waals surface area (Å²) in [5.74, 6) is 1.22. The maximum absolute atomic E-state index is 12.4. The Morgan fingerprint density at radius 1 is 1.05 bits per heavy atom. The van der Waals surface area contributed by atoms with Gasteiger partial charge in [-0.2, -0.15) is 5.10 Å². The third-order valence-corrected chi connectivity index (χ3v) is 6.92. The van der Waals surface area contributed by atoms with Gasteiger partial charge in [-0.25, -0.2) is 19.4 Å². The molecule has 1 amide bonds. The van der Waals surface area contributed by atoms with Gasteiger partial charge in [0, 0.05) is 51.4 Å². The van der Waals surface area contributed by atoms with Crippen molar-refractivity contribution in [3.8, 4) is 22.8 Å². The monoisotopic (exact) mass is 553 g/mol. The molecule has 0 aliphatic carbocycles. The maximum atomic E-state index is 12.4. The summed E-state index contributed by atoms with van der Waals surface area (Å²) in [6, 6.07) is 3.57. The molecule has 2 aliphatic rings. The van der Waals surface area contributed by atoms with Crippen LogP contribution in [-0.2, 0) is 11.3 Å². The second kappa shape index (κ2) is 11.4. The number of aromatic nitrogens is 4. The number of nitrogens with zero attached hydrogens (tertiary/aromatic N) is 7. The highest BCUT2D eigenvalue weighted by atomic mass is 16.7. The van der Waals surface area contributed by atoms with Crippen molar-refractivity contribution in [3.63, 3.8) is 0 Å². The van der Waals surface area contributed by atoms with Crippen LogP contribution in [0.25, 0.3) is 22.3 Å². The Bertz CT molecular complexity index is 1360. The number of likely N-dealkylation sites (N-methyl/N-ethyl adjacent to an activating group) is 1. The Labute approximate surface area is 234 Å². The first-order valence-corrected chi connectivity index (χ1v) is 13.6. The molecule has 0 saturated carbocycles. The fraction of sp³-hybridized carbons (Fsp3) is 0.556. The number of piperazine rings is 1. The normalized spacial score (nSPS) is 16.1. The number of anilines is 2. The first-order valence-electron chi connectivity index (χ1n) is 13.6. The zero-order valence-corrected chi connectivity index (χ0v) is 23.9. The summed E-state index contributed by atoms with van der Waals surface area (Å²) in [6.45, 7) is 13.2. The molecule has 216 valence electrons. The third-order valence-electron chi connectivity index (χ3n) is 6.92. The average molecular weight is 554 g/mol. The van der Waals surface area contributed by atoms with Crippen LogP contribution in [-0.4, -0.2) is 113 Å². The van der Waals surface area contributed by atoms with E-state index in [1.54, 1.807) is 26.8 Å². The average Bonchev–Trinajstić information content (AvgIpc) is 3.52. The van der Waals surface area contributed by atoms with Crippen LogP contribution >= 0.6 is 0 Å². The van der Waals surface area contributed by atoms with Crippen molar-refractivity contribution in [3.05, 3.63) is 18.5 Å². The molecule has 0 unspecified atom stereocenters. The van der Waals surface area contributed by atoms with Crippen LogP contribution in [0.15, 0.2) is 18.5 Å². The van der Waals surface area contributed by atoms with E-state index < -0.39 is 11.7 Å². The van der Waals surface area contributed by atoms with E-state index in [0.29, 0.717) is 51.8 Å². The second-order valence-electron chi connectivity index (χ2n) is 11.4. The number of nitrogens with two attached hydrogens (primary N) is 1. The number of rotatable bonds is 8. The van der Waals surface area contributed by atoms with E-state index in [1.807, 2.05) is 10.7 Å². The Kier molecular flexibility index (Phi) is 7.97. The molecule has 13 nitrogen and oxygen atoms in total. The lowest BCUT2D eigenvalue weighted by Crippen LogP contribution is -2.48. The zero-order chi connectivity index (χ0) is 28.4. The molecule has 0 radical (unpaired) electrons. The summed E-state index contributed by atoms with van der Waals surface area (Å²) in [6.07, 6.45) is 0.880. The number of hydrogen-bond donors (Lipinski definition) is 2. The molecule has 1 saturated heterocycles. The molecule has 0 atom stereocenters. The molecule has 1 aromatic carbocycles. The molecular formula is C27H39N9O4. The van der Waals surface area contributed by atoms with Crippen LogP contribution in [0.1, 0.15) is 20.8 Å². The Morgan fingerprint density at radius 3 is 2.45 bits per heavy atom. The Morgan fingerprint density at radius 2 is 1.75 bits per heavy atom. The van der Waals surface area contributed by atoms with Gasteiger partial charge in [0.1, 0.15) is 23.4 Å². The number of ether oxygens (including phenoxy) is 3. The van der Waals surface area contributed by atoms with Crippen LogP contribution in [0.5, 0.6) is 11.5 Å². The largest absolute Gasteiger partial charge is 0.453 e. The van der Waals surface area contributed by atoms with E-state index in [4.69, 9.17) is 25.0 Å². The quantitative estimate of drug-likeness (QED) is 0.425. The number of nitrogen functional groups attached to an aromatic ring is 1. The minimum absolute atomic E-state index is 0.0144. The van der Waals surface area contributed by atoms with Crippen molar-refractivity contribution in [2.75, 3.05) is 77.8 Å². The highest BCUT2D eigenvalue weighted by molar-refractivity contribution is 6.01. The number of carbonyl (C=O) groups is 1. The van der Waals surface area contributed by atoms with E-state index in [0.717, 1.165) is 45.8 Å². The van der Waals surface area contributed by atoms with Gasteiger partial charge in [-0.3, -0.25) is 15.1 Å². The molecular weight excluding hydrogens is 514 g/mol. The fourth-order valence-electron chi connectivity index (χ4n) is 4.88. The summed E-state index contributed by atoms with van der Waals surface area (Å²) in [5.41, 5.74) is 8.11. The number of benzene rings is 1. The number of nitrogens with one attached hydrogen (secondary N) is 1. The second-order valence-corrected chi connectivity index (χ2v) is 11.4. The zero-order valence-electron chi connectivity index (χ0n) is 23.9. The molecule has 0 bridgehead atoms. The summed E-state index contributed by atoms with van der Waals surface area (Å²) in [5, 5.41) is 8.34. The van der Waals surface area contributed by atoms with Gasteiger partial charge in [-0.05, 0) is 47.0 Å². The van der Waals surface area contributed by atoms with Crippen LogP contribution < -0.4 is 20.5 Å². The summed E-state index contributed by atoms with van der Waals surface area (Å²) >= 11 is 0. The molecule has 13 heteroatoms. The molecule has 1 fully saturated rings. The number of hydrogen-bond acceptors (Lipinski definition) is 11. The SMILES string of the molecule is CN(C)CCN1CCN(CCn2nc(-c3ccc(NC(=O)OC(C)(C)C)c4c3OCO4)c3c(N)ncnc32)CC1. The minimum atomic E-state index is -0.631. The van der Waals surface area contributed by atoms with E-state index in [1.165, 1.54) is 6.33 Å². The summed E-state index contributed by atoms with van der Waals surface area (Å²) < 4.78 is 18.9. The summed E-state index contributed by atoms with van der Waals surface area (Å²) in [7, 11) is 4.22. The van der Waals surface area contributed by atoms with Gasteiger partial charge in [0.05, 0.1) is 17.6 Å². The van der Waals surface area contributed by atoms with Crippen molar-refractivity contribution in [2.45, 2.75) is 32.9 Å². The van der Waals surface area contributed by atoms with Crippen LogP contribution in [0.2, 0.25) is 0 Å². The van der Waals surface area contributed by atoms with Gasteiger partial charge in [0.2, 0.25) is 6.79 Å². The predicted octanol–water partition coefficient (Wildman–Crippen LogP) is 2.33. The molecule has 2 aromatic heterocycles. The topological polar surface area (TPSA) is 136 Å². The Hall–Kier alpha value is -3.68. The molecule has 0 spiro atoms. The van der Waals surface area contributed by atoms with Gasteiger partial charge in [0.15, 0.2) is 17.1 Å². The minimum Gasteiger partial charge on any atom is -0.453 e. The number of amides is 1. The van der Waals surface area contributed by atoms with E-state index in [9.17, 15) is 4.79 Å². The molecule has 4 heterocycles. The summed E-state index contributed by atoms with van der Waals surface area (Å²) in [4.78, 5) is 28.3. The van der Waals surface area contributed by atoms with Crippen LogP contribution in [0, 0.1) is 0 Å². The van der Waals surface area contributed by atoms with Crippen molar-refractivity contribution >= 4 is 28.6 Å². The van der Waals surface area contributed by atoms with E-state index in [-0.39, 0.29) is 6.79 Å². The number of carbonyl (C=O) groups excluding carboxylic acids is 1. The highest BCUT2D eigenvalue weighted by Gasteiger charge is 2.29. The van der Waals surface area contributed by atoms with Gasteiger partial charge >= 0.3 is 6.09 Å². The standard InChI is InChI=1S/C27H39N9O4/c1-27(2,3)40-26(37)31-19-7-6-18(22-23(19)39-17-38-22)21-20-24(28)29-16-30-25(20)36(32-21)15-14-35-12-10-34(11-13-35)9-8-33(4)5/h6-7,16H,8-15,17H2,1-5H3,(H,31,37)(H2,28,29,30).